The Hall–Kier alpha value is -2.02. The Morgan fingerprint density at radius 1 is 1.29 bits per heavy atom. The van der Waals surface area contributed by atoms with Gasteiger partial charge in [0.2, 0.25) is 0 Å². The number of aromatic nitrogens is 2. The highest BCUT2D eigenvalue weighted by molar-refractivity contribution is 9.10. The van der Waals surface area contributed by atoms with Crippen molar-refractivity contribution in [3.8, 4) is 11.5 Å². The Labute approximate surface area is 130 Å². The van der Waals surface area contributed by atoms with E-state index >= 15 is 0 Å². The predicted molar refractivity (Wildman–Crippen MR) is 84.3 cm³/mol. The first kappa shape index (κ1) is 15.4. The van der Waals surface area contributed by atoms with Crippen LogP contribution >= 0.6 is 15.9 Å². The summed E-state index contributed by atoms with van der Waals surface area (Å²) in [5.74, 6) is 1.93. The zero-order chi connectivity index (χ0) is 15.2. The highest BCUT2D eigenvalue weighted by Crippen LogP contribution is 2.27. The number of rotatable bonds is 6. The van der Waals surface area contributed by atoms with E-state index < -0.39 is 0 Å². The quantitative estimate of drug-likeness (QED) is 0.832. The van der Waals surface area contributed by atoms with Crippen molar-refractivity contribution in [1.82, 2.24) is 9.97 Å². The van der Waals surface area contributed by atoms with Gasteiger partial charge in [0.1, 0.15) is 10.3 Å². The fourth-order valence-electron chi connectivity index (χ4n) is 1.87. The summed E-state index contributed by atoms with van der Waals surface area (Å²) in [4.78, 5) is 18.0. The number of hydrogen-bond donors (Lipinski definition) is 2. The van der Waals surface area contributed by atoms with Gasteiger partial charge in [-0.15, -0.1) is 0 Å². The molecule has 1 aromatic carbocycles. The maximum atomic E-state index is 11.4. The van der Waals surface area contributed by atoms with Crippen molar-refractivity contribution in [2.24, 2.45) is 0 Å². The van der Waals surface area contributed by atoms with Crippen molar-refractivity contribution in [1.29, 1.82) is 0 Å². The van der Waals surface area contributed by atoms with Crippen LogP contribution in [-0.2, 0) is 6.42 Å². The van der Waals surface area contributed by atoms with Gasteiger partial charge in [0.05, 0.1) is 20.5 Å². The number of nitrogens with one attached hydrogen (secondary N) is 2. The summed E-state index contributed by atoms with van der Waals surface area (Å²) >= 11 is 3.20. The number of halogens is 1. The standard InChI is InChI=1S/C14H16BrN3O3/c1-20-10-4-3-9(7-11(10)21-2)5-6-16-13-12(15)14(19)18-8-17-13/h3-4,7-8H,5-6H2,1-2H3,(H2,16,17,18,19). The molecule has 2 N–H and O–H groups in total. The lowest BCUT2D eigenvalue weighted by atomic mass is 10.1. The Bertz CT molecular complexity index is 673. The highest BCUT2D eigenvalue weighted by atomic mass is 79.9. The van der Waals surface area contributed by atoms with E-state index in [0.29, 0.717) is 28.3 Å². The summed E-state index contributed by atoms with van der Waals surface area (Å²) in [6, 6.07) is 5.78. The Morgan fingerprint density at radius 2 is 2.05 bits per heavy atom. The number of nitrogens with zero attached hydrogens (tertiary/aromatic N) is 1. The van der Waals surface area contributed by atoms with Gasteiger partial charge in [0.25, 0.3) is 5.56 Å². The molecule has 0 unspecified atom stereocenters. The van der Waals surface area contributed by atoms with E-state index in [9.17, 15) is 4.79 Å². The Balaban J connectivity index is 2.00. The number of H-pyrrole nitrogens is 1. The van der Waals surface area contributed by atoms with Gasteiger partial charge in [-0.25, -0.2) is 4.98 Å². The molecule has 7 heteroatoms. The van der Waals surface area contributed by atoms with Crippen LogP contribution in [-0.4, -0.2) is 30.7 Å². The van der Waals surface area contributed by atoms with Crippen LogP contribution in [0.3, 0.4) is 0 Å². The van der Waals surface area contributed by atoms with Crippen LogP contribution in [0.4, 0.5) is 5.82 Å². The summed E-state index contributed by atoms with van der Waals surface area (Å²) in [5, 5.41) is 3.12. The van der Waals surface area contributed by atoms with Crippen LogP contribution in [0.25, 0.3) is 0 Å². The van der Waals surface area contributed by atoms with Crippen LogP contribution in [0.2, 0.25) is 0 Å². The van der Waals surface area contributed by atoms with Crippen molar-refractivity contribution in [2.75, 3.05) is 26.1 Å². The molecule has 6 nitrogen and oxygen atoms in total. The summed E-state index contributed by atoms with van der Waals surface area (Å²) in [7, 11) is 3.21. The minimum absolute atomic E-state index is 0.210. The summed E-state index contributed by atoms with van der Waals surface area (Å²) < 4.78 is 10.9. The zero-order valence-corrected chi connectivity index (χ0v) is 13.4. The maximum Gasteiger partial charge on any atom is 0.267 e. The molecule has 0 aliphatic heterocycles. The largest absolute Gasteiger partial charge is 0.493 e. The second kappa shape index (κ2) is 7.12. The molecule has 0 saturated heterocycles. The third kappa shape index (κ3) is 3.75. The molecule has 2 rings (SSSR count). The Morgan fingerprint density at radius 3 is 2.76 bits per heavy atom. The number of aromatic amines is 1. The second-order valence-electron chi connectivity index (χ2n) is 4.26. The first-order valence-corrected chi connectivity index (χ1v) is 7.13. The number of methoxy groups -OCH3 is 2. The first-order chi connectivity index (χ1) is 10.2. The van der Waals surface area contributed by atoms with E-state index in [-0.39, 0.29) is 5.56 Å². The fourth-order valence-corrected chi connectivity index (χ4v) is 2.22. The molecule has 1 aromatic heterocycles. The van der Waals surface area contributed by atoms with Crippen LogP contribution in [0.15, 0.2) is 33.8 Å². The summed E-state index contributed by atoms with van der Waals surface area (Å²) in [6.07, 6.45) is 2.13. The van der Waals surface area contributed by atoms with Crippen molar-refractivity contribution < 1.29 is 9.47 Å². The van der Waals surface area contributed by atoms with Gasteiger partial charge in [-0.05, 0) is 40.0 Å². The monoisotopic (exact) mass is 353 g/mol. The average Bonchev–Trinajstić information content (AvgIpc) is 2.51. The van der Waals surface area contributed by atoms with Crippen LogP contribution in [0, 0.1) is 0 Å². The van der Waals surface area contributed by atoms with Gasteiger partial charge >= 0.3 is 0 Å². The highest BCUT2D eigenvalue weighted by Gasteiger charge is 2.06. The van der Waals surface area contributed by atoms with Gasteiger partial charge in [-0.3, -0.25) is 4.79 Å². The molecule has 0 saturated carbocycles. The smallest absolute Gasteiger partial charge is 0.267 e. The Kier molecular flexibility index (Phi) is 5.21. The van der Waals surface area contributed by atoms with E-state index in [4.69, 9.17) is 9.47 Å². The molecule has 0 spiro atoms. The number of benzene rings is 1. The van der Waals surface area contributed by atoms with Crippen molar-refractivity contribution in [2.45, 2.75) is 6.42 Å². The molecule has 112 valence electrons. The lowest BCUT2D eigenvalue weighted by Crippen LogP contribution is -2.13. The lowest BCUT2D eigenvalue weighted by molar-refractivity contribution is 0.354. The lowest BCUT2D eigenvalue weighted by Gasteiger charge is -2.10. The van der Waals surface area contributed by atoms with Crippen molar-refractivity contribution in [3.63, 3.8) is 0 Å². The minimum Gasteiger partial charge on any atom is -0.493 e. The zero-order valence-electron chi connectivity index (χ0n) is 11.8. The minimum atomic E-state index is -0.210. The summed E-state index contributed by atoms with van der Waals surface area (Å²) in [6.45, 7) is 0.643. The van der Waals surface area contributed by atoms with Gasteiger partial charge < -0.3 is 19.8 Å². The van der Waals surface area contributed by atoms with Crippen LogP contribution < -0.4 is 20.3 Å². The molecule has 0 atom stereocenters. The molecule has 0 amide bonds. The van der Waals surface area contributed by atoms with Crippen molar-refractivity contribution >= 4 is 21.7 Å². The normalized spacial score (nSPS) is 10.2. The van der Waals surface area contributed by atoms with E-state index in [1.807, 2.05) is 18.2 Å². The molecule has 21 heavy (non-hydrogen) atoms. The van der Waals surface area contributed by atoms with Gasteiger partial charge in [0.15, 0.2) is 11.5 Å². The predicted octanol–water partition coefficient (Wildman–Crippen LogP) is 2.20. The number of anilines is 1. The first-order valence-electron chi connectivity index (χ1n) is 6.33. The molecule has 1 heterocycles. The van der Waals surface area contributed by atoms with Gasteiger partial charge in [0, 0.05) is 6.54 Å². The third-order valence-corrected chi connectivity index (χ3v) is 3.69. The molecular weight excluding hydrogens is 338 g/mol. The van der Waals surface area contributed by atoms with Crippen LogP contribution in [0.1, 0.15) is 5.56 Å². The van der Waals surface area contributed by atoms with Crippen molar-refractivity contribution in [3.05, 3.63) is 44.9 Å². The topological polar surface area (TPSA) is 76.2 Å². The third-order valence-electron chi connectivity index (χ3n) is 2.95. The molecule has 2 aromatic rings. The van der Waals surface area contributed by atoms with E-state index in [1.165, 1.54) is 6.33 Å². The second-order valence-corrected chi connectivity index (χ2v) is 5.05. The van der Waals surface area contributed by atoms with E-state index in [1.54, 1.807) is 14.2 Å². The number of hydrogen-bond acceptors (Lipinski definition) is 5. The molecule has 0 radical (unpaired) electrons. The summed E-state index contributed by atoms with van der Waals surface area (Å²) in [5.41, 5.74) is 0.889. The SMILES string of the molecule is COc1ccc(CCNc2nc[nH]c(=O)c2Br)cc1OC. The maximum absolute atomic E-state index is 11.4. The van der Waals surface area contributed by atoms with E-state index in [0.717, 1.165) is 12.0 Å². The van der Waals surface area contributed by atoms with Gasteiger partial charge in [-0.2, -0.15) is 0 Å². The molecule has 0 bridgehead atoms. The van der Waals surface area contributed by atoms with Crippen LogP contribution in [0.5, 0.6) is 11.5 Å². The molecular formula is C14H16BrN3O3. The average molecular weight is 354 g/mol. The van der Waals surface area contributed by atoms with E-state index in [2.05, 4.69) is 31.2 Å². The molecule has 0 aliphatic rings. The van der Waals surface area contributed by atoms with Gasteiger partial charge in [-0.1, -0.05) is 6.07 Å². The molecule has 0 aliphatic carbocycles. The molecule has 0 fully saturated rings. The fraction of sp³-hybridized carbons (Fsp3) is 0.286. The number of ether oxygens (including phenoxy) is 2.